The summed E-state index contributed by atoms with van der Waals surface area (Å²) in [5.41, 5.74) is 5.72. The maximum Gasteiger partial charge on any atom is 0.228 e. The molecule has 0 spiro atoms. The SMILES string of the molecule is COc1nc(SC)ncc1C(=N)N.Cl. The van der Waals surface area contributed by atoms with Gasteiger partial charge in [0.2, 0.25) is 5.88 Å². The van der Waals surface area contributed by atoms with Crippen LogP contribution in [0.1, 0.15) is 5.56 Å². The van der Waals surface area contributed by atoms with Gasteiger partial charge in [-0.2, -0.15) is 4.98 Å². The van der Waals surface area contributed by atoms with E-state index < -0.39 is 0 Å². The first-order chi connectivity index (χ1) is 6.19. The molecule has 0 aliphatic rings. The zero-order valence-corrected chi connectivity index (χ0v) is 9.41. The average molecular weight is 235 g/mol. The van der Waals surface area contributed by atoms with Gasteiger partial charge in [-0.25, -0.2) is 4.98 Å². The average Bonchev–Trinajstić information content (AvgIpc) is 2.16. The Morgan fingerprint density at radius 1 is 1.64 bits per heavy atom. The number of ether oxygens (including phenoxy) is 1. The van der Waals surface area contributed by atoms with Crippen molar-refractivity contribution >= 4 is 30.0 Å². The molecule has 0 amide bonds. The second-order valence-corrected chi connectivity index (χ2v) is 2.97. The minimum Gasteiger partial charge on any atom is -0.480 e. The van der Waals surface area contributed by atoms with Crippen LogP contribution >= 0.6 is 24.2 Å². The lowest BCUT2D eigenvalue weighted by Gasteiger charge is -2.05. The van der Waals surface area contributed by atoms with E-state index in [1.54, 1.807) is 0 Å². The van der Waals surface area contributed by atoms with Gasteiger partial charge in [-0.15, -0.1) is 12.4 Å². The maximum absolute atomic E-state index is 7.22. The van der Waals surface area contributed by atoms with Crippen molar-refractivity contribution in [3.8, 4) is 5.88 Å². The van der Waals surface area contributed by atoms with Gasteiger partial charge in [0.1, 0.15) is 5.84 Å². The fourth-order valence-electron chi connectivity index (χ4n) is 0.790. The molecule has 7 heteroatoms. The van der Waals surface area contributed by atoms with Crippen molar-refractivity contribution in [3.05, 3.63) is 11.8 Å². The molecule has 0 atom stereocenters. The summed E-state index contributed by atoms with van der Waals surface area (Å²) < 4.78 is 4.96. The molecule has 1 aromatic heterocycles. The number of methoxy groups -OCH3 is 1. The highest BCUT2D eigenvalue weighted by Gasteiger charge is 2.08. The number of amidine groups is 1. The molecule has 0 aromatic carbocycles. The Morgan fingerprint density at radius 2 is 2.29 bits per heavy atom. The fourth-order valence-corrected chi connectivity index (χ4v) is 1.12. The van der Waals surface area contributed by atoms with Crippen LogP contribution in [0.3, 0.4) is 0 Å². The van der Waals surface area contributed by atoms with Crippen LogP contribution in [0.5, 0.6) is 5.88 Å². The molecule has 0 radical (unpaired) electrons. The number of aromatic nitrogens is 2. The smallest absolute Gasteiger partial charge is 0.228 e. The van der Waals surface area contributed by atoms with Crippen molar-refractivity contribution < 1.29 is 4.74 Å². The largest absolute Gasteiger partial charge is 0.480 e. The van der Waals surface area contributed by atoms with Gasteiger partial charge in [0, 0.05) is 6.20 Å². The van der Waals surface area contributed by atoms with E-state index in [9.17, 15) is 0 Å². The van der Waals surface area contributed by atoms with Crippen LogP contribution in [-0.4, -0.2) is 29.2 Å². The first-order valence-electron chi connectivity index (χ1n) is 3.48. The third-order valence-electron chi connectivity index (χ3n) is 1.40. The molecule has 0 aliphatic carbocycles. The highest BCUT2D eigenvalue weighted by molar-refractivity contribution is 7.98. The predicted octanol–water partition coefficient (Wildman–Crippen LogP) is 0.913. The molecule has 3 N–H and O–H groups in total. The van der Waals surface area contributed by atoms with Gasteiger partial charge in [0.15, 0.2) is 5.16 Å². The number of halogens is 1. The Morgan fingerprint density at radius 3 is 2.71 bits per heavy atom. The second-order valence-electron chi connectivity index (χ2n) is 2.19. The summed E-state index contributed by atoms with van der Waals surface area (Å²) in [5.74, 6) is 0.247. The van der Waals surface area contributed by atoms with Crippen LogP contribution < -0.4 is 10.5 Å². The number of hydrogen-bond acceptors (Lipinski definition) is 5. The number of nitrogens with two attached hydrogens (primary N) is 1. The van der Waals surface area contributed by atoms with Crippen molar-refractivity contribution in [3.63, 3.8) is 0 Å². The summed E-state index contributed by atoms with van der Waals surface area (Å²) in [6.07, 6.45) is 3.35. The molecule has 78 valence electrons. The monoisotopic (exact) mass is 234 g/mol. The summed E-state index contributed by atoms with van der Waals surface area (Å²) in [6, 6.07) is 0. The van der Waals surface area contributed by atoms with Gasteiger partial charge in [-0.05, 0) is 6.26 Å². The first kappa shape index (κ1) is 13.0. The van der Waals surface area contributed by atoms with Crippen molar-refractivity contribution in [2.45, 2.75) is 5.16 Å². The third-order valence-corrected chi connectivity index (χ3v) is 1.96. The topological polar surface area (TPSA) is 84.9 Å². The van der Waals surface area contributed by atoms with E-state index in [1.165, 1.54) is 25.1 Å². The zero-order chi connectivity index (χ0) is 9.84. The Labute approximate surface area is 92.4 Å². The minimum absolute atomic E-state index is 0. The highest BCUT2D eigenvalue weighted by Crippen LogP contribution is 2.17. The molecule has 0 saturated heterocycles. The summed E-state index contributed by atoms with van der Waals surface area (Å²) in [5, 5.41) is 7.82. The standard InChI is InChI=1S/C7H10N4OS.ClH/c1-12-6-4(5(8)9)3-10-7(11-6)13-2;/h3H,1-2H3,(H3,8,9);1H. The van der Waals surface area contributed by atoms with Crippen LogP contribution in [0.25, 0.3) is 0 Å². The van der Waals surface area contributed by atoms with E-state index in [1.807, 2.05) is 6.26 Å². The highest BCUT2D eigenvalue weighted by atomic mass is 35.5. The van der Waals surface area contributed by atoms with Gasteiger partial charge >= 0.3 is 0 Å². The Balaban J connectivity index is 0.00000169. The van der Waals surface area contributed by atoms with Gasteiger partial charge in [0.25, 0.3) is 0 Å². The number of nitrogens with one attached hydrogen (secondary N) is 1. The summed E-state index contributed by atoms with van der Waals surface area (Å²) >= 11 is 1.41. The molecule has 14 heavy (non-hydrogen) atoms. The summed E-state index contributed by atoms with van der Waals surface area (Å²) in [6.45, 7) is 0. The van der Waals surface area contributed by atoms with Crippen LogP contribution in [0, 0.1) is 5.41 Å². The van der Waals surface area contributed by atoms with Crippen molar-refractivity contribution in [2.24, 2.45) is 5.73 Å². The summed E-state index contributed by atoms with van der Waals surface area (Å²) in [4.78, 5) is 8.02. The molecule has 0 saturated carbocycles. The Bertz CT molecular complexity index is 333. The lowest BCUT2D eigenvalue weighted by atomic mass is 10.3. The van der Waals surface area contributed by atoms with Crippen molar-refractivity contribution in [1.29, 1.82) is 5.41 Å². The molecule has 0 unspecified atom stereocenters. The minimum atomic E-state index is -0.0931. The molecule has 1 aromatic rings. The van der Waals surface area contributed by atoms with Gasteiger partial charge in [0.05, 0.1) is 12.7 Å². The quantitative estimate of drug-likeness (QED) is 0.352. The molecule has 0 bridgehead atoms. The van der Waals surface area contributed by atoms with E-state index in [2.05, 4.69) is 9.97 Å². The summed E-state index contributed by atoms with van der Waals surface area (Å²) in [7, 11) is 1.48. The number of hydrogen-bond donors (Lipinski definition) is 2. The van der Waals surface area contributed by atoms with E-state index in [0.717, 1.165) is 0 Å². The van der Waals surface area contributed by atoms with Crippen LogP contribution in [0.4, 0.5) is 0 Å². The van der Waals surface area contributed by atoms with Gasteiger partial charge < -0.3 is 10.5 Å². The lowest BCUT2D eigenvalue weighted by Crippen LogP contribution is -2.14. The van der Waals surface area contributed by atoms with E-state index >= 15 is 0 Å². The van der Waals surface area contributed by atoms with Crippen LogP contribution in [0.2, 0.25) is 0 Å². The number of rotatable bonds is 3. The number of nitrogens with zero attached hydrogens (tertiary/aromatic N) is 2. The van der Waals surface area contributed by atoms with Crippen LogP contribution in [-0.2, 0) is 0 Å². The normalized spacial score (nSPS) is 9.00. The molecule has 0 aliphatic heterocycles. The number of thioether (sulfide) groups is 1. The third kappa shape index (κ3) is 2.74. The first-order valence-corrected chi connectivity index (χ1v) is 4.71. The molecule has 0 fully saturated rings. The van der Waals surface area contributed by atoms with E-state index in [4.69, 9.17) is 15.9 Å². The molecular formula is C7H11ClN4OS. The Kier molecular flexibility index (Phi) is 5.26. The van der Waals surface area contributed by atoms with Gasteiger partial charge in [-0.3, -0.25) is 5.41 Å². The Hall–Kier alpha value is -1.01. The van der Waals surface area contributed by atoms with Gasteiger partial charge in [-0.1, -0.05) is 11.8 Å². The van der Waals surface area contributed by atoms with E-state index in [-0.39, 0.29) is 18.2 Å². The number of nitrogen functional groups attached to an aromatic ring is 1. The predicted molar refractivity (Wildman–Crippen MR) is 58.6 cm³/mol. The van der Waals surface area contributed by atoms with Crippen LogP contribution in [0.15, 0.2) is 11.4 Å². The second kappa shape index (κ2) is 5.66. The molecule has 1 heterocycles. The van der Waals surface area contributed by atoms with Crippen molar-refractivity contribution in [2.75, 3.05) is 13.4 Å². The molecular weight excluding hydrogens is 224 g/mol. The van der Waals surface area contributed by atoms with E-state index in [0.29, 0.717) is 16.6 Å². The molecule has 1 rings (SSSR count). The fraction of sp³-hybridized carbons (Fsp3) is 0.286. The maximum atomic E-state index is 7.22. The molecule has 5 nitrogen and oxygen atoms in total. The zero-order valence-electron chi connectivity index (χ0n) is 7.77. The van der Waals surface area contributed by atoms with Crippen molar-refractivity contribution in [1.82, 2.24) is 9.97 Å². The lowest BCUT2D eigenvalue weighted by molar-refractivity contribution is 0.391.